The Morgan fingerprint density at radius 1 is 0.295 bits per heavy atom. The van der Waals surface area contributed by atoms with E-state index < -0.39 is 97.5 Å². The lowest BCUT2D eigenvalue weighted by Gasteiger charge is -2.21. The zero-order chi connectivity index (χ0) is 70.3. The molecule has 0 fully saturated rings. The number of unbranched alkanes of at least 4 members (excludes halogenated alkanes) is 37. The highest BCUT2D eigenvalue weighted by atomic mass is 31.2. The topological polar surface area (TPSA) is 237 Å². The Morgan fingerprint density at radius 2 is 0.505 bits per heavy atom. The number of phosphoric ester groups is 2. The van der Waals surface area contributed by atoms with Crippen molar-refractivity contribution >= 4 is 39.5 Å². The number of aliphatic hydroxyl groups is 1. The molecule has 0 amide bonds. The molecule has 0 aliphatic rings. The number of rotatable bonds is 73. The van der Waals surface area contributed by atoms with Crippen molar-refractivity contribution in [1.29, 1.82) is 0 Å². The van der Waals surface area contributed by atoms with Gasteiger partial charge in [0.2, 0.25) is 0 Å². The second-order valence-corrected chi connectivity index (χ2v) is 31.7. The highest BCUT2D eigenvalue weighted by Crippen LogP contribution is 2.45. The van der Waals surface area contributed by atoms with Gasteiger partial charge in [0.1, 0.15) is 19.3 Å². The molecular weight excluding hydrogens is 1250 g/mol. The molecule has 0 saturated carbocycles. The van der Waals surface area contributed by atoms with E-state index in [9.17, 15) is 43.2 Å². The number of phosphoric acid groups is 2. The summed E-state index contributed by atoms with van der Waals surface area (Å²) in [6.45, 7) is 14.1. The van der Waals surface area contributed by atoms with Crippen LogP contribution in [0.4, 0.5) is 0 Å². The Labute approximate surface area is 581 Å². The summed E-state index contributed by atoms with van der Waals surface area (Å²) in [4.78, 5) is 72.7. The standard InChI is InChI=1S/C76H148O17P2/c1-9-68(7)54-46-38-29-23-19-17-15-13-11-12-14-16-18-20-26-32-42-50-58-75(80)92-71(62-86-73(78)56-48-40-31-25-22-21-24-30-39-47-55-69(8)10-2)64-90-94(82,83)88-60-70(77)61-89-95(84,85)91-65-72(93-76(81)59-51-43-35-34-37-45-53-67(5)6)63-87-74(79)57-49-41-33-27-28-36-44-52-66(3)4/h66-72,77H,9-65H2,1-8H3,(H,82,83)(H,84,85)/t68?,69?,70?,71-,72-/m1/s1. The van der Waals surface area contributed by atoms with Crippen molar-refractivity contribution in [2.45, 2.75) is 401 Å². The van der Waals surface area contributed by atoms with Crippen molar-refractivity contribution < 1.29 is 80.2 Å². The third-order valence-corrected chi connectivity index (χ3v) is 20.2. The Bertz CT molecular complexity index is 1870. The predicted molar refractivity (Wildman–Crippen MR) is 386 cm³/mol. The molecule has 564 valence electrons. The summed E-state index contributed by atoms with van der Waals surface area (Å²) in [5, 5.41) is 10.6. The van der Waals surface area contributed by atoms with E-state index in [0.29, 0.717) is 37.5 Å². The van der Waals surface area contributed by atoms with E-state index >= 15 is 0 Å². The monoisotopic (exact) mass is 1400 g/mol. The largest absolute Gasteiger partial charge is 0.472 e. The summed E-state index contributed by atoms with van der Waals surface area (Å²) in [5.41, 5.74) is 0. The zero-order valence-corrected chi connectivity index (χ0v) is 64.1. The average Bonchev–Trinajstić information content (AvgIpc) is 1.88. The van der Waals surface area contributed by atoms with Gasteiger partial charge in [0.15, 0.2) is 12.2 Å². The smallest absolute Gasteiger partial charge is 0.462 e. The van der Waals surface area contributed by atoms with Crippen LogP contribution in [0, 0.1) is 23.7 Å². The minimum Gasteiger partial charge on any atom is -0.462 e. The van der Waals surface area contributed by atoms with Crippen LogP contribution in [0.2, 0.25) is 0 Å². The molecule has 0 radical (unpaired) electrons. The quantitative estimate of drug-likeness (QED) is 0.0222. The van der Waals surface area contributed by atoms with E-state index in [4.69, 9.17) is 37.0 Å². The molecule has 0 aromatic heterocycles. The van der Waals surface area contributed by atoms with Crippen LogP contribution in [0.5, 0.6) is 0 Å². The molecule has 17 nitrogen and oxygen atoms in total. The van der Waals surface area contributed by atoms with Gasteiger partial charge in [0.25, 0.3) is 0 Å². The first-order valence-corrected chi connectivity index (χ1v) is 42.3. The first-order chi connectivity index (χ1) is 45.7. The first-order valence-electron chi connectivity index (χ1n) is 39.3. The van der Waals surface area contributed by atoms with Gasteiger partial charge in [-0.15, -0.1) is 0 Å². The number of hydrogen-bond acceptors (Lipinski definition) is 15. The van der Waals surface area contributed by atoms with Crippen LogP contribution in [0.15, 0.2) is 0 Å². The molecule has 95 heavy (non-hydrogen) atoms. The van der Waals surface area contributed by atoms with Gasteiger partial charge < -0.3 is 33.8 Å². The number of ether oxygens (including phenoxy) is 4. The molecule has 0 aliphatic heterocycles. The second kappa shape index (κ2) is 65.4. The van der Waals surface area contributed by atoms with Crippen LogP contribution in [0.1, 0.15) is 383 Å². The van der Waals surface area contributed by atoms with Gasteiger partial charge in [-0.05, 0) is 49.4 Å². The molecule has 0 bridgehead atoms. The van der Waals surface area contributed by atoms with E-state index in [1.807, 2.05) is 0 Å². The lowest BCUT2D eigenvalue weighted by Crippen LogP contribution is -2.30. The predicted octanol–water partition coefficient (Wildman–Crippen LogP) is 22.0. The molecule has 5 unspecified atom stereocenters. The summed E-state index contributed by atoms with van der Waals surface area (Å²) in [7, 11) is -9.91. The van der Waals surface area contributed by atoms with E-state index in [0.717, 1.165) is 108 Å². The van der Waals surface area contributed by atoms with E-state index in [2.05, 4.69) is 55.4 Å². The third kappa shape index (κ3) is 67.6. The maximum Gasteiger partial charge on any atom is 0.472 e. The summed E-state index contributed by atoms with van der Waals surface area (Å²) in [6.07, 6.45) is 50.3. The molecule has 19 heteroatoms. The fourth-order valence-corrected chi connectivity index (χ4v) is 13.1. The fourth-order valence-electron chi connectivity index (χ4n) is 11.5. The zero-order valence-electron chi connectivity index (χ0n) is 62.3. The summed E-state index contributed by atoms with van der Waals surface area (Å²) in [6, 6.07) is 0. The number of carbonyl (C=O) groups is 4. The maximum atomic E-state index is 13.1. The molecule has 0 rings (SSSR count). The van der Waals surface area contributed by atoms with Crippen LogP contribution >= 0.6 is 15.6 Å². The molecule has 3 N–H and O–H groups in total. The van der Waals surface area contributed by atoms with Crippen molar-refractivity contribution in [3.63, 3.8) is 0 Å². The molecule has 0 aliphatic carbocycles. The van der Waals surface area contributed by atoms with Gasteiger partial charge in [-0.3, -0.25) is 37.3 Å². The van der Waals surface area contributed by atoms with E-state index in [-0.39, 0.29) is 25.7 Å². The van der Waals surface area contributed by atoms with Crippen LogP contribution in [-0.2, 0) is 65.4 Å². The highest BCUT2D eigenvalue weighted by Gasteiger charge is 2.30. The van der Waals surface area contributed by atoms with Crippen LogP contribution in [0.25, 0.3) is 0 Å². The molecule has 7 atom stereocenters. The SMILES string of the molecule is CCC(C)CCCCCCCCCCCCCCCCCCCCC(=O)O[C@H](COC(=O)CCCCCCCCCCCCC(C)CC)COP(=O)(O)OCC(O)COP(=O)(O)OC[C@@H](COC(=O)CCCCCCCCCC(C)C)OC(=O)CCCCCCCCC(C)C. The van der Waals surface area contributed by atoms with Crippen molar-refractivity contribution in [2.75, 3.05) is 39.6 Å². The van der Waals surface area contributed by atoms with Gasteiger partial charge in [-0.25, -0.2) is 9.13 Å². The molecule has 0 heterocycles. The minimum atomic E-state index is -4.96. The normalized spacial score (nSPS) is 14.7. The number of esters is 4. The highest BCUT2D eigenvalue weighted by molar-refractivity contribution is 7.47. The van der Waals surface area contributed by atoms with Crippen molar-refractivity contribution in [1.82, 2.24) is 0 Å². The van der Waals surface area contributed by atoms with Crippen molar-refractivity contribution in [2.24, 2.45) is 23.7 Å². The minimum absolute atomic E-state index is 0.101. The second-order valence-electron chi connectivity index (χ2n) is 28.8. The molecular formula is C76H148O17P2. The van der Waals surface area contributed by atoms with E-state index in [1.54, 1.807) is 0 Å². The Kier molecular flexibility index (Phi) is 64.0. The third-order valence-electron chi connectivity index (χ3n) is 18.3. The van der Waals surface area contributed by atoms with Gasteiger partial charge >= 0.3 is 39.5 Å². The van der Waals surface area contributed by atoms with Crippen molar-refractivity contribution in [3.8, 4) is 0 Å². The molecule has 0 spiro atoms. The molecule has 0 aromatic carbocycles. The van der Waals surface area contributed by atoms with Gasteiger partial charge in [-0.2, -0.15) is 0 Å². The maximum absolute atomic E-state index is 13.1. The van der Waals surface area contributed by atoms with Gasteiger partial charge in [-0.1, -0.05) is 331 Å². The number of carbonyl (C=O) groups excluding carboxylic acids is 4. The average molecular weight is 1400 g/mol. The van der Waals surface area contributed by atoms with Crippen LogP contribution in [-0.4, -0.2) is 96.7 Å². The van der Waals surface area contributed by atoms with Crippen LogP contribution < -0.4 is 0 Å². The lowest BCUT2D eigenvalue weighted by molar-refractivity contribution is -0.161. The summed E-state index contributed by atoms with van der Waals surface area (Å²) < 4.78 is 68.4. The summed E-state index contributed by atoms with van der Waals surface area (Å²) >= 11 is 0. The van der Waals surface area contributed by atoms with E-state index in [1.165, 1.54) is 180 Å². The Morgan fingerprint density at radius 3 is 0.747 bits per heavy atom. The lowest BCUT2D eigenvalue weighted by atomic mass is 9.99. The summed E-state index contributed by atoms with van der Waals surface area (Å²) in [5.74, 6) is 0.927. The number of aliphatic hydroxyl groups excluding tert-OH is 1. The van der Waals surface area contributed by atoms with Gasteiger partial charge in [0.05, 0.1) is 26.4 Å². The van der Waals surface area contributed by atoms with Gasteiger partial charge in [0, 0.05) is 25.7 Å². The first kappa shape index (κ1) is 93.1. The number of hydrogen-bond donors (Lipinski definition) is 3. The Hall–Kier alpha value is -1.94. The van der Waals surface area contributed by atoms with Crippen LogP contribution in [0.3, 0.4) is 0 Å². The van der Waals surface area contributed by atoms with Crippen molar-refractivity contribution in [3.05, 3.63) is 0 Å². The molecule has 0 aromatic rings. The fraction of sp³-hybridized carbons (Fsp3) is 0.947. The molecule has 0 saturated heterocycles. The Balaban J connectivity index is 5.18.